The molecule has 6 aromatic rings. The van der Waals surface area contributed by atoms with Crippen molar-refractivity contribution in [1.82, 2.24) is 43.6 Å². The summed E-state index contributed by atoms with van der Waals surface area (Å²) in [5.74, 6) is 5.74. The van der Waals surface area contributed by atoms with Crippen LogP contribution in [0.1, 0.15) is 46.0 Å². The fraction of sp³-hybridized carbons (Fsp3) is 0.143. The third-order valence-corrected chi connectivity index (χ3v) is 6.72. The number of fused-ring (bicyclic) bond motifs is 2. The van der Waals surface area contributed by atoms with Crippen LogP contribution in [0.3, 0.4) is 0 Å². The minimum absolute atomic E-state index is 0.0552. The minimum Gasteiger partial charge on any atom is -0.381 e. The van der Waals surface area contributed by atoms with Crippen molar-refractivity contribution in [2.75, 3.05) is 5.73 Å². The lowest BCUT2D eigenvalue weighted by Gasteiger charge is -2.20. The topological polar surface area (TPSA) is 142 Å². The molecule has 1 unspecified atom stereocenters. The zero-order valence-corrected chi connectivity index (χ0v) is 21.9. The molecule has 40 heavy (non-hydrogen) atoms. The molecular weight excluding hydrogens is 508 g/mol. The molecule has 3 N–H and O–H groups in total. The van der Waals surface area contributed by atoms with Gasteiger partial charge in [-0.15, -0.1) is 5.10 Å². The SMILES string of the molecule is Cc1c(C#Cc2cnc3cc(C(C)NC(=O)c4c(N)nn5cccnc45)n(-c4ccccc4)c(=O)n23)cnn1C. The molecule has 6 rings (SSSR count). The molecule has 0 fully saturated rings. The predicted molar refractivity (Wildman–Crippen MR) is 148 cm³/mol. The number of para-hydroxylation sites is 1. The number of hydrogen-bond donors (Lipinski definition) is 2. The van der Waals surface area contributed by atoms with E-state index in [1.165, 1.54) is 13.5 Å². The number of nitrogens with zero attached hydrogens (tertiary/aromatic N) is 8. The van der Waals surface area contributed by atoms with Gasteiger partial charge in [-0.05, 0) is 38.0 Å². The van der Waals surface area contributed by atoms with Gasteiger partial charge in [0, 0.05) is 25.5 Å². The first kappa shape index (κ1) is 24.6. The van der Waals surface area contributed by atoms with Gasteiger partial charge in [-0.3, -0.25) is 14.0 Å². The number of nitrogens with one attached hydrogen (secondary N) is 1. The molecule has 5 heterocycles. The Balaban J connectivity index is 1.45. The number of hydrogen-bond acceptors (Lipinski definition) is 7. The summed E-state index contributed by atoms with van der Waals surface area (Å²) < 4.78 is 6.18. The number of carbonyl (C=O) groups is 1. The molecule has 0 bridgehead atoms. The Labute approximate surface area is 227 Å². The zero-order valence-electron chi connectivity index (χ0n) is 21.9. The normalized spacial score (nSPS) is 11.9. The minimum atomic E-state index is -0.618. The Bertz CT molecular complexity index is 2040. The fourth-order valence-corrected chi connectivity index (χ4v) is 4.54. The molecule has 0 radical (unpaired) electrons. The monoisotopic (exact) mass is 532 g/mol. The number of imidazole rings is 1. The summed E-state index contributed by atoms with van der Waals surface area (Å²) in [6.45, 7) is 3.71. The van der Waals surface area contributed by atoms with Crippen LogP contribution >= 0.6 is 0 Å². The second-order valence-electron chi connectivity index (χ2n) is 9.22. The number of nitrogens with two attached hydrogens (primary N) is 1. The first-order valence-electron chi connectivity index (χ1n) is 12.4. The fourth-order valence-electron chi connectivity index (χ4n) is 4.54. The van der Waals surface area contributed by atoms with Crippen LogP contribution in [-0.4, -0.2) is 44.2 Å². The predicted octanol–water partition coefficient (Wildman–Crippen LogP) is 2.04. The highest BCUT2D eigenvalue weighted by Crippen LogP contribution is 2.21. The van der Waals surface area contributed by atoms with E-state index in [9.17, 15) is 9.59 Å². The van der Waals surface area contributed by atoms with Crippen molar-refractivity contribution in [3.63, 3.8) is 0 Å². The van der Waals surface area contributed by atoms with Gasteiger partial charge in [0.25, 0.3) is 5.91 Å². The van der Waals surface area contributed by atoms with Crippen molar-refractivity contribution in [3.8, 4) is 17.5 Å². The van der Waals surface area contributed by atoms with Crippen LogP contribution in [0, 0.1) is 18.8 Å². The second-order valence-corrected chi connectivity index (χ2v) is 9.22. The molecule has 0 saturated carbocycles. The lowest BCUT2D eigenvalue weighted by atomic mass is 10.1. The van der Waals surface area contributed by atoms with Crippen molar-refractivity contribution >= 4 is 23.0 Å². The van der Waals surface area contributed by atoms with E-state index in [4.69, 9.17) is 5.73 Å². The summed E-state index contributed by atoms with van der Waals surface area (Å²) in [5, 5.41) is 11.3. The Hall–Kier alpha value is -5.70. The Kier molecular flexibility index (Phi) is 5.88. The number of anilines is 1. The number of nitrogen functional groups attached to an aromatic ring is 1. The van der Waals surface area contributed by atoms with Gasteiger partial charge in [0.2, 0.25) is 0 Å². The number of carbonyl (C=O) groups excluding carboxylic acids is 1. The molecule has 0 saturated heterocycles. The molecular formula is C28H24N10O2. The largest absolute Gasteiger partial charge is 0.381 e. The lowest BCUT2D eigenvalue weighted by Crippen LogP contribution is -2.34. The standard InChI is InChI=1S/C28H24N10O2/c1-17(33-27(39)24-25(29)34-36-13-7-12-30-26(24)36)22-14-23-31-16-21(11-10-19-15-32-35(3)18(19)2)38(23)28(40)37(22)20-8-5-4-6-9-20/h4-9,12-17H,1-3H3,(H2,29,34)(H,33,39). The van der Waals surface area contributed by atoms with Crippen molar-refractivity contribution in [3.05, 3.63) is 106 Å². The van der Waals surface area contributed by atoms with Crippen LogP contribution in [0.2, 0.25) is 0 Å². The zero-order chi connectivity index (χ0) is 28.0. The highest BCUT2D eigenvalue weighted by molar-refractivity contribution is 6.04. The van der Waals surface area contributed by atoms with E-state index >= 15 is 0 Å². The molecule has 0 aliphatic carbocycles. The van der Waals surface area contributed by atoms with E-state index < -0.39 is 11.9 Å². The van der Waals surface area contributed by atoms with Crippen LogP contribution in [0.5, 0.6) is 0 Å². The average Bonchev–Trinajstić information content (AvgIpc) is 3.62. The van der Waals surface area contributed by atoms with Crippen LogP contribution in [0.4, 0.5) is 5.82 Å². The second kappa shape index (κ2) is 9.55. The molecule has 1 atom stereocenters. The molecule has 0 spiro atoms. The van der Waals surface area contributed by atoms with Crippen LogP contribution < -0.4 is 16.7 Å². The summed E-state index contributed by atoms with van der Waals surface area (Å²) in [5.41, 5.74) is 9.82. The van der Waals surface area contributed by atoms with E-state index in [1.807, 2.05) is 44.3 Å². The smallest absolute Gasteiger partial charge is 0.339 e. The molecule has 0 aliphatic heterocycles. The van der Waals surface area contributed by atoms with Crippen molar-refractivity contribution < 1.29 is 4.79 Å². The maximum Gasteiger partial charge on any atom is 0.339 e. The van der Waals surface area contributed by atoms with E-state index in [0.29, 0.717) is 28.4 Å². The third kappa shape index (κ3) is 4.06. The molecule has 5 aromatic heterocycles. The van der Waals surface area contributed by atoms with Crippen LogP contribution in [0.25, 0.3) is 17.0 Å². The lowest BCUT2D eigenvalue weighted by molar-refractivity contribution is 0.0941. The molecule has 12 heteroatoms. The van der Waals surface area contributed by atoms with Gasteiger partial charge in [0.15, 0.2) is 11.5 Å². The molecule has 1 aromatic carbocycles. The highest BCUT2D eigenvalue weighted by atomic mass is 16.2. The summed E-state index contributed by atoms with van der Waals surface area (Å²) in [4.78, 5) is 36.1. The number of rotatable bonds is 4. The molecule has 12 nitrogen and oxygen atoms in total. The molecule has 0 aliphatic rings. The van der Waals surface area contributed by atoms with E-state index in [1.54, 1.807) is 48.5 Å². The number of aromatic nitrogens is 8. The van der Waals surface area contributed by atoms with Crippen molar-refractivity contribution in [1.29, 1.82) is 0 Å². The number of benzene rings is 1. The number of aryl methyl sites for hydroxylation is 1. The van der Waals surface area contributed by atoms with Crippen molar-refractivity contribution in [2.24, 2.45) is 7.05 Å². The quantitative estimate of drug-likeness (QED) is 0.331. The maximum atomic E-state index is 14.0. The van der Waals surface area contributed by atoms with Gasteiger partial charge in [-0.1, -0.05) is 24.1 Å². The Morgan fingerprint density at radius 3 is 2.65 bits per heavy atom. The maximum absolute atomic E-state index is 14.0. The Morgan fingerprint density at radius 1 is 1.10 bits per heavy atom. The van der Waals surface area contributed by atoms with Gasteiger partial charge >= 0.3 is 5.69 Å². The van der Waals surface area contributed by atoms with Gasteiger partial charge in [-0.25, -0.2) is 23.7 Å². The highest BCUT2D eigenvalue weighted by Gasteiger charge is 2.24. The average molecular weight is 533 g/mol. The summed E-state index contributed by atoms with van der Waals surface area (Å²) in [6.07, 6.45) is 6.46. The van der Waals surface area contributed by atoms with Gasteiger partial charge in [0.05, 0.1) is 41.1 Å². The molecule has 1 amide bonds. The van der Waals surface area contributed by atoms with Gasteiger partial charge in [0.1, 0.15) is 16.9 Å². The number of amides is 1. The summed E-state index contributed by atoms with van der Waals surface area (Å²) in [7, 11) is 1.84. The first-order chi connectivity index (χ1) is 19.3. The van der Waals surface area contributed by atoms with E-state index in [2.05, 4.69) is 37.3 Å². The first-order valence-corrected chi connectivity index (χ1v) is 12.4. The third-order valence-electron chi connectivity index (χ3n) is 6.72. The van der Waals surface area contributed by atoms with Gasteiger partial charge < -0.3 is 11.1 Å². The van der Waals surface area contributed by atoms with E-state index in [-0.39, 0.29) is 17.1 Å². The van der Waals surface area contributed by atoms with Crippen LogP contribution in [0.15, 0.2) is 72.0 Å². The Morgan fingerprint density at radius 2 is 1.90 bits per heavy atom. The van der Waals surface area contributed by atoms with E-state index in [0.717, 1.165) is 11.3 Å². The van der Waals surface area contributed by atoms with Crippen molar-refractivity contribution in [2.45, 2.75) is 19.9 Å². The summed E-state index contributed by atoms with van der Waals surface area (Å²) in [6, 6.07) is 12.0. The van der Waals surface area contributed by atoms with Crippen LogP contribution in [-0.2, 0) is 7.05 Å². The summed E-state index contributed by atoms with van der Waals surface area (Å²) >= 11 is 0. The molecule has 198 valence electrons. The van der Waals surface area contributed by atoms with Gasteiger partial charge in [-0.2, -0.15) is 5.10 Å².